The van der Waals surface area contributed by atoms with Crippen LogP contribution >= 0.6 is 0 Å². The van der Waals surface area contributed by atoms with Gasteiger partial charge in [0.1, 0.15) is 12.3 Å². The molecule has 1 saturated heterocycles. The van der Waals surface area contributed by atoms with E-state index in [0.29, 0.717) is 25.2 Å². The van der Waals surface area contributed by atoms with E-state index in [-0.39, 0.29) is 29.2 Å². The topological polar surface area (TPSA) is 93.6 Å². The Balaban J connectivity index is 1.48. The van der Waals surface area contributed by atoms with Crippen molar-refractivity contribution in [3.63, 3.8) is 0 Å². The van der Waals surface area contributed by atoms with Crippen molar-refractivity contribution in [3.8, 4) is 0 Å². The monoisotopic (exact) mass is 435 g/mol. The van der Waals surface area contributed by atoms with E-state index in [1.165, 1.54) is 18.6 Å². The molecule has 0 aliphatic carbocycles. The molecule has 0 saturated carbocycles. The van der Waals surface area contributed by atoms with Gasteiger partial charge in [-0.2, -0.15) is 5.10 Å². The van der Waals surface area contributed by atoms with Crippen LogP contribution in [0.5, 0.6) is 0 Å². The number of hydrogen-bond acceptors (Lipinski definition) is 5. The summed E-state index contributed by atoms with van der Waals surface area (Å²) in [7, 11) is 3.57. The molecule has 9 nitrogen and oxygen atoms in total. The number of furan rings is 1. The Hall–Kier alpha value is -3.62. The molecule has 9 heteroatoms. The third kappa shape index (κ3) is 3.43. The van der Waals surface area contributed by atoms with E-state index in [4.69, 9.17) is 4.42 Å². The van der Waals surface area contributed by atoms with Crippen LogP contribution in [0.4, 0.5) is 0 Å². The van der Waals surface area contributed by atoms with Gasteiger partial charge in [-0.15, -0.1) is 0 Å². The van der Waals surface area contributed by atoms with Gasteiger partial charge in [0.15, 0.2) is 0 Å². The van der Waals surface area contributed by atoms with Crippen LogP contribution in [0.3, 0.4) is 0 Å². The lowest BCUT2D eigenvalue weighted by Gasteiger charge is -2.46. The van der Waals surface area contributed by atoms with Crippen LogP contribution in [0.1, 0.15) is 40.0 Å². The Bertz CT molecular complexity index is 1210. The first-order valence-corrected chi connectivity index (χ1v) is 10.7. The zero-order valence-corrected chi connectivity index (χ0v) is 18.0. The Morgan fingerprint density at radius 2 is 2.09 bits per heavy atom. The number of carbonyl (C=O) groups excluding carboxylic acids is 2. The van der Waals surface area contributed by atoms with E-state index >= 15 is 0 Å². The van der Waals surface area contributed by atoms with Gasteiger partial charge in [0, 0.05) is 69.1 Å². The minimum absolute atomic E-state index is 0.00572. The second-order valence-electron chi connectivity index (χ2n) is 8.74. The maximum absolute atomic E-state index is 13.7. The molecular weight excluding hydrogens is 410 g/mol. The number of nitrogens with zero attached hydrogens (tertiary/aromatic N) is 5. The first kappa shape index (κ1) is 20.3. The summed E-state index contributed by atoms with van der Waals surface area (Å²) in [5.41, 5.74) is 2.04. The van der Waals surface area contributed by atoms with Crippen molar-refractivity contribution in [1.82, 2.24) is 24.1 Å². The molecule has 166 valence electrons. The molecule has 0 unspecified atom stereocenters. The summed E-state index contributed by atoms with van der Waals surface area (Å²) in [4.78, 5) is 43.0. The lowest BCUT2D eigenvalue weighted by atomic mass is 9.77. The highest BCUT2D eigenvalue weighted by atomic mass is 16.3. The number of aryl methyl sites for hydroxylation is 1. The number of likely N-dealkylation sites (N-methyl/N-ethyl adjacent to an activating group) is 1. The lowest BCUT2D eigenvalue weighted by molar-refractivity contribution is -0.137. The Kier molecular flexibility index (Phi) is 4.96. The second-order valence-corrected chi connectivity index (χ2v) is 8.74. The Morgan fingerprint density at radius 3 is 2.81 bits per heavy atom. The van der Waals surface area contributed by atoms with E-state index in [9.17, 15) is 14.4 Å². The summed E-state index contributed by atoms with van der Waals surface area (Å²) in [5, 5.41) is 4.17. The van der Waals surface area contributed by atoms with Crippen molar-refractivity contribution in [3.05, 3.63) is 76.4 Å². The van der Waals surface area contributed by atoms with Gasteiger partial charge in [-0.3, -0.25) is 23.6 Å². The van der Waals surface area contributed by atoms with E-state index in [0.717, 1.165) is 17.7 Å². The number of likely N-dealkylation sites (tertiary alicyclic amines) is 1. The van der Waals surface area contributed by atoms with Crippen molar-refractivity contribution in [2.45, 2.75) is 24.9 Å². The summed E-state index contributed by atoms with van der Waals surface area (Å²) in [5.74, 6) is -0.396. The van der Waals surface area contributed by atoms with Gasteiger partial charge in [-0.05, 0) is 18.6 Å². The summed E-state index contributed by atoms with van der Waals surface area (Å²) in [6.07, 6.45) is 7.28. The SMILES string of the molecule is CN(Cc1cnn(C)c1)C(=O)[C@H]1[C@@H]2C[C@@H](CN(C(=O)c3ccoc3)C2)c2cccc(=O)n21. The molecule has 1 fully saturated rings. The molecule has 0 N–H and O–H groups in total. The van der Waals surface area contributed by atoms with Crippen molar-refractivity contribution in [1.29, 1.82) is 0 Å². The number of aromatic nitrogens is 3. The summed E-state index contributed by atoms with van der Waals surface area (Å²) in [6.45, 7) is 1.32. The van der Waals surface area contributed by atoms with Gasteiger partial charge in [0.05, 0.1) is 18.0 Å². The highest BCUT2D eigenvalue weighted by Crippen LogP contribution is 2.42. The minimum atomic E-state index is -0.656. The first-order valence-electron chi connectivity index (χ1n) is 10.7. The van der Waals surface area contributed by atoms with Crippen LogP contribution < -0.4 is 5.56 Å². The van der Waals surface area contributed by atoms with Crippen LogP contribution in [-0.2, 0) is 18.4 Å². The highest BCUT2D eigenvalue weighted by molar-refractivity contribution is 5.94. The minimum Gasteiger partial charge on any atom is -0.472 e. The van der Waals surface area contributed by atoms with Crippen LogP contribution in [0, 0.1) is 5.92 Å². The predicted molar refractivity (Wildman–Crippen MR) is 115 cm³/mol. The zero-order chi connectivity index (χ0) is 22.4. The number of fused-ring (bicyclic) bond motifs is 4. The van der Waals surface area contributed by atoms with Gasteiger partial charge in [-0.1, -0.05) is 6.07 Å². The third-order valence-corrected chi connectivity index (χ3v) is 6.51. The van der Waals surface area contributed by atoms with E-state index in [1.807, 2.05) is 19.3 Å². The molecule has 2 bridgehead atoms. The van der Waals surface area contributed by atoms with E-state index < -0.39 is 6.04 Å². The van der Waals surface area contributed by atoms with Gasteiger partial charge >= 0.3 is 0 Å². The van der Waals surface area contributed by atoms with Gasteiger partial charge in [0.2, 0.25) is 5.91 Å². The largest absolute Gasteiger partial charge is 0.472 e. The number of hydrogen-bond donors (Lipinski definition) is 0. The number of rotatable bonds is 4. The van der Waals surface area contributed by atoms with Crippen molar-refractivity contribution in [2.75, 3.05) is 20.1 Å². The number of piperidine rings is 1. The smallest absolute Gasteiger partial charge is 0.257 e. The maximum Gasteiger partial charge on any atom is 0.257 e. The quantitative estimate of drug-likeness (QED) is 0.621. The number of carbonyl (C=O) groups is 2. The van der Waals surface area contributed by atoms with Gasteiger partial charge < -0.3 is 14.2 Å². The fourth-order valence-electron chi connectivity index (χ4n) is 5.12. The highest BCUT2D eigenvalue weighted by Gasteiger charge is 2.45. The summed E-state index contributed by atoms with van der Waals surface area (Å²) >= 11 is 0. The van der Waals surface area contributed by atoms with Crippen LogP contribution in [0.2, 0.25) is 0 Å². The maximum atomic E-state index is 13.7. The molecule has 5 heterocycles. The molecule has 2 aliphatic rings. The van der Waals surface area contributed by atoms with Crippen LogP contribution in [-0.4, -0.2) is 56.1 Å². The lowest BCUT2D eigenvalue weighted by Crippen LogP contribution is -2.54. The van der Waals surface area contributed by atoms with Crippen molar-refractivity contribution < 1.29 is 14.0 Å². The number of pyridine rings is 1. The standard InChI is InChI=1S/C23H25N5O4/c1-25(10-15-9-24-26(2)11-15)23(31)21-18-8-17(19-4-3-5-20(29)28(19)21)12-27(13-18)22(30)16-6-7-32-14-16/h3-7,9,11,14,17-18,21H,8,10,12-13H2,1-2H3/t17-,18+,21+/m0/s1. The molecule has 0 aromatic carbocycles. The van der Waals surface area contributed by atoms with Gasteiger partial charge in [0.25, 0.3) is 11.5 Å². The average Bonchev–Trinajstić information content (AvgIpc) is 3.45. The molecule has 5 rings (SSSR count). The van der Waals surface area contributed by atoms with Crippen molar-refractivity contribution >= 4 is 11.8 Å². The molecule has 2 aliphatic heterocycles. The molecule has 3 aromatic rings. The van der Waals surface area contributed by atoms with E-state index in [2.05, 4.69) is 5.10 Å². The number of amides is 2. The Labute approximate surface area is 184 Å². The second kappa shape index (κ2) is 7.81. The third-order valence-electron chi connectivity index (χ3n) is 6.51. The zero-order valence-electron chi connectivity index (χ0n) is 18.0. The fourth-order valence-corrected chi connectivity index (χ4v) is 5.12. The molecule has 0 radical (unpaired) electrons. The van der Waals surface area contributed by atoms with Crippen LogP contribution in [0.25, 0.3) is 0 Å². The fraction of sp³-hybridized carbons (Fsp3) is 0.391. The molecular formula is C23H25N5O4. The molecule has 2 amide bonds. The molecule has 3 aromatic heterocycles. The first-order chi connectivity index (χ1) is 15.4. The molecule has 3 atom stereocenters. The Morgan fingerprint density at radius 1 is 1.25 bits per heavy atom. The summed E-state index contributed by atoms with van der Waals surface area (Å²) in [6, 6.07) is 6.12. The average molecular weight is 435 g/mol. The normalized spacial score (nSPS) is 21.8. The predicted octanol–water partition coefficient (Wildman–Crippen LogP) is 1.63. The van der Waals surface area contributed by atoms with Crippen LogP contribution in [0.15, 0.2) is 58.4 Å². The molecule has 32 heavy (non-hydrogen) atoms. The molecule has 0 spiro atoms. The van der Waals surface area contributed by atoms with Crippen molar-refractivity contribution in [2.24, 2.45) is 13.0 Å². The summed E-state index contributed by atoms with van der Waals surface area (Å²) < 4.78 is 8.43. The van der Waals surface area contributed by atoms with Gasteiger partial charge in [-0.25, -0.2) is 0 Å². The van der Waals surface area contributed by atoms with E-state index in [1.54, 1.807) is 44.4 Å².